The Kier molecular flexibility index (Phi) is 4.92. The lowest BCUT2D eigenvalue weighted by Gasteiger charge is -2.19. The summed E-state index contributed by atoms with van der Waals surface area (Å²) in [6, 6.07) is 3.21. The van der Waals surface area contributed by atoms with Crippen molar-refractivity contribution in [2.75, 3.05) is 6.26 Å². The third-order valence-electron chi connectivity index (χ3n) is 3.76. The molecule has 0 saturated carbocycles. The van der Waals surface area contributed by atoms with Gasteiger partial charge < -0.3 is 5.11 Å². The first-order chi connectivity index (χ1) is 12.3. The van der Waals surface area contributed by atoms with Crippen LogP contribution in [0.4, 0.5) is 0 Å². The van der Waals surface area contributed by atoms with Crippen molar-refractivity contribution in [2.45, 2.75) is 31.1 Å². The second-order valence-electron chi connectivity index (χ2n) is 6.17. The molecule has 0 bridgehead atoms. The van der Waals surface area contributed by atoms with Crippen LogP contribution < -0.4 is 5.56 Å². The monoisotopic (exact) mass is 391 g/mol. The van der Waals surface area contributed by atoms with Crippen LogP contribution in [0.25, 0.3) is 16.9 Å². The normalized spacial score (nSPS) is 11.9. The van der Waals surface area contributed by atoms with Crippen molar-refractivity contribution in [1.82, 2.24) is 24.3 Å². The van der Waals surface area contributed by atoms with Gasteiger partial charge in [-0.05, 0) is 26.2 Å². The molecule has 0 atom stereocenters. The maximum atomic E-state index is 12.8. The average molecular weight is 392 g/mol. The van der Waals surface area contributed by atoms with Gasteiger partial charge in [0.15, 0.2) is 16.6 Å². The lowest BCUT2D eigenvalue weighted by atomic mass is 10.1. The minimum Gasteiger partial charge on any atom is -0.384 e. The number of thioether (sulfide) groups is 1. The van der Waals surface area contributed by atoms with E-state index in [0.29, 0.717) is 32.7 Å². The molecule has 3 rings (SSSR count). The summed E-state index contributed by atoms with van der Waals surface area (Å²) in [6.07, 6.45) is 4.98. The van der Waals surface area contributed by atoms with Crippen LogP contribution in [0, 0.1) is 0 Å². The third kappa shape index (κ3) is 3.27. The van der Waals surface area contributed by atoms with E-state index < -0.39 is 5.60 Å². The van der Waals surface area contributed by atoms with Gasteiger partial charge in [0.1, 0.15) is 11.0 Å². The molecular formula is C17H18ClN5O2S. The van der Waals surface area contributed by atoms with Gasteiger partial charge in [0.2, 0.25) is 0 Å². The molecule has 0 saturated heterocycles. The molecule has 3 aromatic rings. The van der Waals surface area contributed by atoms with E-state index in [9.17, 15) is 9.90 Å². The minimum atomic E-state index is -1.19. The summed E-state index contributed by atoms with van der Waals surface area (Å²) in [7, 11) is 0. The van der Waals surface area contributed by atoms with Gasteiger partial charge in [0.05, 0.1) is 12.2 Å². The largest absolute Gasteiger partial charge is 0.384 e. The summed E-state index contributed by atoms with van der Waals surface area (Å²) in [5.41, 5.74) is -0.628. The zero-order valence-corrected chi connectivity index (χ0v) is 16.2. The Balaban J connectivity index is 2.40. The zero-order valence-electron chi connectivity index (χ0n) is 14.6. The van der Waals surface area contributed by atoms with Crippen molar-refractivity contribution in [2.24, 2.45) is 0 Å². The Bertz CT molecular complexity index is 1050. The lowest BCUT2D eigenvalue weighted by molar-refractivity contribution is 0.0738. The lowest BCUT2D eigenvalue weighted by Crippen LogP contribution is -2.24. The summed E-state index contributed by atoms with van der Waals surface area (Å²) in [4.78, 5) is 25.9. The number of fused-ring (bicyclic) bond motifs is 1. The van der Waals surface area contributed by atoms with Crippen molar-refractivity contribution < 1.29 is 5.11 Å². The van der Waals surface area contributed by atoms with Gasteiger partial charge in [0.25, 0.3) is 5.56 Å². The number of aliphatic hydroxyl groups is 1. The molecule has 26 heavy (non-hydrogen) atoms. The van der Waals surface area contributed by atoms with E-state index in [4.69, 9.17) is 11.6 Å². The quantitative estimate of drug-likeness (QED) is 0.409. The number of hydrogen-bond donors (Lipinski definition) is 1. The molecule has 0 radical (unpaired) electrons. The number of nitrogens with zero attached hydrogens (tertiary/aromatic N) is 5. The Morgan fingerprint density at radius 2 is 2.12 bits per heavy atom. The maximum Gasteiger partial charge on any atom is 0.278 e. The number of rotatable bonds is 5. The van der Waals surface area contributed by atoms with Crippen molar-refractivity contribution >= 4 is 34.4 Å². The predicted octanol–water partition coefficient (Wildman–Crippen LogP) is 2.77. The molecule has 0 aliphatic rings. The SMILES string of the molecule is C=CCn1c(=O)c2cnc(SC)nc2n1-c1cc(Cl)cc(C(C)(C)O)n1. The van der Waals surface area contributed by atoms with E-state index in [1.54, 1.807) is 36.7 Å². The van der Waals surface area contributed by atoms with Gasteiger partial charge in [-0.25, -0.2) is 24.3 Å². The molecule has 9 heteroatoms. The van der Waals surface area contributed by atoms with E-state index in [2.05, 4.69) is 21.5 Å². The smallest absolute Gasteiger partial charge is 0.278 e. The third-order valence-corrected chi connectivity index (χ3v) is 4.54. The number of allylic oxidation sites excluding steroid dienone is 1. The summed E-state index contributed by atoms with van der Waals surface area (Å²) >= 11 is 7.62. The first kappa shape index (κ1) is 18.6. The highest BCUT2D eigenvalue weighted by Gasteiger charge is 2.22. The van der Waals surface area contributed by atoms with Gasteiger partial charge in [0, 0.05) is 17.3 Å². The molecular weight excluding hydrogens is 374 g/mol. The van der Waals surface area contributed by atoms with Gasteiger partial charge in [-0.15, -0.1) is 6.58 Å². The van der Waals surface area contributed by atoms with Gasteiger partial charge in [-0.1, -0.05) is 29.4 Å². The Morgan fingerprint density at radius 1 is 1.38 bits per heavy atom. The fourth-order valence-corrected chi connectivity index (χ4v) is 3.07. The zero-order chi connectivity index (χ0) is 19.1. The summed E-state index contributed by atoms with van der Waals surface area (Å²) < 4.78 is 3.05. The predicted molar refractivity (Wildman–Crippen MR) is 103 cm³/mol. The first-order valence-corrected chi connectivity index (χ1v) is 9.40. The molecule has 0 unspecified atom stereocenters. The molecule has 0 aliphatic heterocycles. The second kappa shape index (κ2) is 6.86. The van der Waals surface area contributed by atoms with Crippen LogP contribution in [0.2, 0.25) is 5.02 Å². The van der Waals surface area contributed by atoms with E-state index in [1.165, 1.54) is 22.6 Å². The standard InChI is InChI=1S/C17H18ClN5O2S/c1-5-6-22-15(24)11-9-19-16(26-4)21-14(11)23(22)13-8-10(18)7-12(20-13)17(2,3)25/h5,7-9,25H,1,6H2,2-4H3. The number of hydrogen-bond acceptors (Lipinski definition) is 6. The van der Waals surface area contributed by atoms with Crippen LogP contribution in [-0.2, 0) is 12.1 Å². The summed E-state index contributed by atoms with van der Waals surface area (Å²) in [5, 5.41) is 11.6. The summed E-state index contributed by atoms with van der Waals surface area (Å²) in [5.74, 6) is 0.384. The fraction of sp³-hybridized carbons (Fsp3) is 0.294. The highest BCUT2D eigenvalue weighted by Crippen LogP contribution is 2.25. The van der Waals surface area contributed by atoms with E-state index in [1.807, 2.05) is 6.26 Å². The average Bonchev–Trinajstić information content (AvgIpc) is 2.85. The van der Waals surface area contributed by atoms with Crippen LogP contribution in [0.3, 0.4) is 0 Å². The molecule has 0 spiro atoms. The van der Waals surface area contributed by atoms with E-state index in [-0.39, 0.29) is 12.1 Å². The van der Waals surface area contributed by atoms with Crippen LogP contribution in [0.1, 0.15) is 19.5 Å². The number of pyridine rings is 1. The Morgan fingerprint density at radius 3 is 2.73 bits per heavy atom. The molecule has 3 aromatic heterocycles. The molecule has 3 heterocycles. The fourth-order valence-electron chi connectivity index (χ4n) is 2.54. The molecule has 0 aliphatic carbocycles. The first-order valence-electron chi connectivity index (χ1n) is 7.80. The topological polar surface area (TPSA) is 85.8 Å². The van der Waals surface area contributed by atoms with Crippen molar-refractivity contribution in [3.8, 4) is 5.82 Å². The second-order valence-corrected chi connectivity index (χ2v) is 7.38. The van der Waals surface area contributed by atoms with Crippen molar-refractivity contribution in [1.29, 1.82) is 0 Å². The molecule has 1 N–H and O–H groups in total. The molecule has 0 fully saturated rings. The highest BCUT2D eigenvalue weighted by atomic mass is 35.5. The van der Waals surface area contributed by atoms with Crippen molar-refractivity contribution in [3.63, 3.8) is 0 Å². The summed E-state index contributed by atoms with van der Waals surface area (Å²) in [6.45, 7) is 7.21. The molecule has 136 valence electrons. The maximum absolute atomic E-state index is 12.8. The Hall–Kier alpha value is -2.16. The van der Waals surface area contributed by atoms with Crippen LogP contribution >= 0.6 is 23.4 Å². The molecule has 0 amide bonds. The molecule has 0 aromatic carbocycles. The van der Waals surface area contributed by atoms with Gasteiger partial charge in [-0.2, -0.15) is 0 Å². The van der Waals surface area contributed by atoms with Crippen molar-refractivity contribution in [3.05, 3.63) is 52.1 Å². The number of halogens is 1. The number of aromatic nitrogens is 5. The van der Waals surface area contributed by atoms with Gasteiger partial charge >= 0.3 is 0 Å². The van der Waals surface area contributed by atoms with Crippen LogP contribution in [-0.4, -0.2) is 35.7 Å². The van der Waals surface area contributed by atoms with E-state index in [0.717, 1.165) is 0 Å². The van der Waals surface area contributed by atoms with E-state index >= 15 is 0 Å². The highest BCUT2D eigenvalue weighted by molar-refractivity contribution is 7.98. The molecule has 7 nitrogen and oxygen atoms in total. The Labute approximate surface area is 159 Å². The van der Waals surface area contributed by atoms with Crippen LogP contribution in [0.15, 0.2) is 40.9 Å². The van der Waals surface area contributed by atoms with Gasteiger partial charge in [-0.3, -0.25) is 4.79 Å². The van der Waals surface area contributed by atoms with Crippen LogP contribution in [0.5, 0.6) is 0 Å². The minimum absolute atomic E-state index is 0.251.